The fraction of sp³-hybridized carbons (Fsp3) is 0.643. The Labute approximate surface area is 113 Å². The summed E-state index contributed by atoms with van der Waals surface area (Å²) in [6.07, 6.45) is 2.14. The van der Waals surface area contributed by atoms with Crippen LogP contribution in [0, 0.1) is 5.92 Å². The van der Waals surface area contributed by atoms with Crippen LogP contribution in [-0.2, 0) is 11.3 Å². The van der Waals surface area contributed by atoms with Crippen LogP contribution < -0.4 is 5.32 Å². The maximum Gasteiger partial charge on any atom is 0.227 e. The quantitative estimate of drug-likeness (QED) is 0.908. The van der Waals surface area contributed by atoms with Gasteiger partial charge in [0.25, 0.3) is 0 Å². The molecule has 0 aliphatic carbocycles. The SMILES string of the molecule is CC(C)N(Cc1cccs1)C(=O)C1CCCNC1. The smallest absolute Gasteiger partial charge is 0.227 e. The highest BCUT2D eigenvalue weighted by Gasteiger charge is 2.27. The summed E-state index contributed by atoms with van der Waals surface area (Å²) < 4.78 is 0. The van der Waals surface area contributed by atoms with Crippen molar-refractivity contribution in [3.63, 3.8) is 0 Å². The van der Waals surface area contributed by atoms with Gasteiger partial charge in [-0.15, -0.1) is 11.3 Å². The molecule has 4 heteroatoms. The molecule has 1 N–H and O–H groups in total. The summed E-state index contributed by atoms with van der Waals surface area (Å²) in [5, 5.41) is 5.39. The van der Waals surface area contributed by atoms with Gasteiger partial charge in [0, 0.05) is 17.5 Å². The molecule has 1 saturated heterocycles. The Morgan fingerprint density at radius 1 is 1.61 bits per heavy atom. The fourth-order valence-corrected chi connectivity index (χ4v) is 3.09. The molecule has 1 atom stereocenters. The third kappa shape index (κ3) is 3.33. The lowest BCUT2D eigenvalue weighted by Crippen LogP contribution is -2.45. The normalized spacial score (nSPS) is 20.1. The summed E-state index contributed by atoms with van der Waals surface area (Å²) >= 11 is 1.72. The van der Waals surface area contributed by atoms with Gasteiger partial charge in [0.1, 0.15) is 0 Å². The Morgan fingerprint density at radius 2 is 2.44 bits per heavy atom. The Morgan fingerprint density at radius 3 is 3.00 bits per heavy atom. The molecule has 2 rings (SSSR count). The van der Waals surface area contributed by atoms with Crippen LogP contribution in [0.3, 0.4) is 0 Å². The topological polar surface area (TPSA) is 32.3 Å². The average molecular weight is 266 g/mol. The number of rotatable bonds is 4. The van der Waals surface area contributed by atoms with Gasteiger partial charge in [-0.3, -0.25) is 4.79 Å². The number of amides is 1. The molecule has 1 aliphatic heterocycles. The van der Waals surface area contributed by atoms with E-state index in [9.17, 15) is 4.79 Å². The molecule has 1 aromatic heterocycles. The second kappa shape index (κ2) is 6.34. The lowest BCUT2D eigenvalue weighted by atomic mass is 9.97. The van der Waals surface area contributed by atoms with Crippen LogP contribution in [0.4, 0.5) is 0 Å². The van der Waals surface area contributed by atoms with Crippen LogP contribution in [-0.4, -0.2) is 29.9 Å². The summed E-state index contributed by atoms with van der Waals surface area (Å²) in [5.74, 6) is 0.478. The molecular weight excluding hydrogens is 244 g/mol. The Hall–Kier alpha value is -0.870. The zero-order chi connectivity index (χ0) is 13.0. The van der Waals surface area contributed by atoms with Crippen molar-refractivity contribution in [1.29, 1.82) is 0 Å². The van der Waals surface area contributed by atoms with Crippen molar-refractivity contribution in [1.82, 2.24) is 10.2 Å². The van der Waals surface area contributed by atoms with Gasteiger partial charge in [0.2, 0.25) is 5.91 Å². The molecule has 1 unspecified atom stereocenters. The van der Waals surface area contributed by atoms with Crippen molar-refractivity contribution < 1.29 is 4.79 Å². The third-order valence-electron chi connectivity index (χ3n) is 3.46. The standard InChI is InChI=1S/C14H22N2OS/c1-11(2)16(10-13-6-4-8-18-13)14(17)12-5-3-7-15-9-12/h4,6,8,11-12,15H,3,5,7,9-10H2,1-2H3. The van der Waals surface area contributed by atoms with E-state index in [1.54, 1.807) is 11.3 Å². The molecular formula is C14H22N2OS. The molecule has 1 fully saturated rings. The number of carbonyl (C=O) groups is 1. The van der Waals surface area contributed by atoms with Gasteiger partial charge in [-0.1, -0.05) is 6.07 Å². The van der Waals surface area contributed by atoms with Crippen LogP contribution in [0.1, 0.15) is 31.6 Å². The molecule has 1 aromatic rings. The number of piperidine rings is 1. The summed E-state index contributed by atoms with van der Waals surface area (Å²) in [6, 6.07) is 4.42. The lowest BCUT2D eigenvalue weighted by Gasteiger charge is -2.32. The van der Waals surface area contributed by atoms with Crippen LogP contribution in [0.25, 0.3) is 0 Å². The number of hydrogen-bond acceptors (Lipinski definition) is 3. The van der Waals surface area contributed by atoms with Gasteiger partial charge in [-0.2, -0.15) is 0 Å². The number of nitrogens with one attached hydrogen (secondary N) is 1. The first-order valence-electron chi connectivity index (χ1n) is 6.72. The van der Waals surface area contributed by atoms with Crippen molar-refractivity contribution >= 4 is 17.2 Å². The van der Waals surface area contributed by atoms with E-state index in [-0.39, 0.29) is 12.0 Å². The van der Waals surface area contributed by atoms with E-state index in [4.69, 9.17) is 0 Å². The highest BCUT2D eigenvalue weighted by Crippen LogP contribution is 2.19. The molecule has 2 heterocycles. The van der Waals surface area contributed by atoms with Gasteiger partial charge in [0.15, 0.2) is 0 Å². The van der Waals surface area contributed by atoms with Crippen LogP contribution in [0.15, 0.2) is 17.5 Å². The van der Waals surface area contributed by atoms with E-state index < -0.39 is 0 Å². The minimum atomic E-state index is 0.168. The Balaban J connectivity index is 2.02. The number of nitrogens with zero attached hydrogens (tertiary/aromatic N) is 1. The first-order valence-corrected chi connectivity index (χ1v) is 7.60. The van der Waals surface area contributed by atoms with E-state index in [1.165, 1.54) is 4.88 Å². The first-order chi connectivity index (χ1) is 8.68. The maximum atomic E-state index is 12.6. The maximum absolute atomic E-state index is 12.6. The van der Waals surface area contributed by atoms with E-state index in [0.717, 1.165) is 32.5 Å². The van der Waals surface area contributed by atoms with Crippen molar-refractivity contribution in [2.24, 2.45) is 5.92 Å². The first kappa shape index (κ1) is 13.6. The average Bonchev–Trinajstić information content (AvgIpc) is 2.89. The largest absolute Gasteiger partial charge is 0.335 e. The van der Waals surface area contributed by atoms with Gasteiger partial charge in [-0.05, 0) is 44.7 Å². The van der Waals surface area contributed by atoms with Crippen LogP contribution >= 0.6 is 11.3 Å². The summed E-state index contributed by atoms with van der Waals surface area (Å²) in [5.41, 5.74) is 0. The number of carbonyl (C=O) groups excluding carboxylic acids is 1. The van der Waals surface area contributed by atoms with E-state index in [2.05, 4.69) is 30.6 Å². The van der Waals surface area contributed by atoms with Gasteiger partial charge >= 0.3 is 0 Å². The number of hydrogen-bond donors (Lipinski definition) is 1. The second-order valence-corrected chi connectivity index (χ2v) is 6.21. The predicted molar refractivity (Wildman–Crippen MR) is 75.6 cm³/mol. The molecule has 18 heavy (non-hydrogen) atoms. The molecule has 0 bridgehead atoms. The van der Waals surface area contributed by atoms with Crippen molar-refractivity contribution in [3.8, 4) is 0 Å². The van der Waals surface area contributed by atoms with Gasteiger partial charge in [-0.25, -0.2) is 0 Å². The van der Waals surface area contributed by atoms with Crippen molar-refractivity contribution in [2.45, 2.75) is 39.3 Å². The highest BCUT2D eigenvalue weighted by molar-refractivity contribution is 7.09. The molecule has 0 aromatic carbocycles. The van der Waals surface area contributed by atoms with Crippen molar-refractivity contribution in [2.75, 3.05) is 13.1 Å². The Kier molecular flexibility index (Phi) is 4.78. The van der Waals surface area contributed by atoms with E-state index >= 15 is 0 Å². The fourth-order valence-electron chi connectivity index (χ4n) is 2.38. The summed E-state index contributed by atoms with van der Waals surface area (Å²) in [6.45, 7) is 6.84. The molecule has 0 saturated carbocycles. The lowest BCUT2D eigenvalue weighted by molar-refractivity contribution is -0.138. The van der Waals surface area contributed by atoms with Crippen LogP contribution in [0.5, 0.6) is 0 Å². The van der Waals surface area contributed by atoms with Crippen molar-refractivity contribution in [3.05, 3.63) is 22.4 Å². The monoisotopic (exact) mass is 266 g/mol. The Bertz CT molecular complexity index is 369. The molecule has 0 radical (unpaired) electrons. The number of thiophene rings is 1. The summed E-state index contributed by atoms with van der Waals surface area (Å²) in [4.78, 5) is 15.8. The zero-order valence-electron chi connectivity index (χ0n) is 11.2. The minimum Gasteiger partial charge on any atom is -0.335 e. The highest BCUT2D eigenvalue weighted by atomic mass is 32.1. The second-order valence-electron chi connectivity index (χ2n) is 5.18. The molecule has 100 valence electrons. The van der Waals surface area contributed by atoms with E-state index in [0.29, 0.717) is 5.91 Å². The van der Waals surface area contributed by atoms with Gasteiger partial charge < -0.3 is 10.2 Å². The molecule has 1 aliphatic rings. The van der Waals surface area contributed by atoms with E-state index in [1.807, 2.05) is 11.0 Å². The zero-order valence-corrected chi connectivity index (χ0v) is 12.0. The molecule has 0 spiro atoms. The summed E-state index contributed by atoms with van der Waals surface area (Å²) in [7, 11) is 0. The molecule has 3 nitrogen and oxygen atoms in total. The minimum absolute atomic E-state index is 0.168. The molecule has 1 amide bonds. The van der Waals surface area contributed by atoms with Gasteiger partial charge in [0.05, 0.1) is 12.5 Å². The predicted octanol–water partition coefficient (Wildman–Crippen LogP) is 2.48. The van der Waals surface area contributed by atoms with Crippen LogP contribution in [0.2, 0.25) is 0 Å². The third-order valence-corrected chi connectivity index (χ3v) is 4.32.